The maximum atomic E-state index is 13.0. The number of hydrogen-bond donors (Lipinski definition) is 1. The quantitative estimate of drug-likeness (QED) is 0.852. The molecule has 0 spiro atoms. The van der Waals surface area contributed by atoms with Gasteiger partial charge in [0.2, 0.25) is 0 Å². The van der Waals surface area contributed by atoms with Crippen LogP contribution in [0.4, 0.5) is 0 Å². The molecule has 0 radical (unpaired) electrons. The van der Waals surface area contributed by atoms with E-state index >= 15 is 0 Å². The first-order valence-corrected chi connectivity index (χ1v) is 9.16. The number of nitrogens with zero attached hydrogens (tertiary/aromatic N) is 1. The van der Waals surface area contributed by atoms with Crippen LogP contribution in [0.5, 0.6) is 0 Å². The molecule has 1 amide bonds. The van der Waals surface area contributed by atoms with Crippen LogP contribution < -0.4 is 5.73 Å². The maximum Gasteiger partial charge on any atom is 0.264 e. The standard InChI is InChI=1S/C17H26N2OS/c1-12-6-5-8-14(11-18)19(12)17(20)16-10-13-7-3-2-4-9-15(13)21-16/h10,12,14H,2-9,11,18H2,1H3. The minimum atomic E-state index is 0.218. The number of carbonyl (C=O) groups excluding carboxylic acids is 1. The zero-order valence-electron chi connectivity index (χ0n) is 12.9. The topological polar surface area (TPSA) is 46.3 Å². The molecule has 21 heavy (non-hydrogen) atoms. The third-order valence-electron chi connectivity index (χ3n) is 4.99. The molecule has 116 valence electrons. The molecule has 2 N–H and O–H groups in total. The van der Waals surface area contributed by atoms with Crippen molar-refractivity contribution in [3.05, 3.63) is 21.4 Å². The summed E-state index contributed by atoms with van der Waals surface area (Å²) in [6.07, 6.45) is 9.51. The van der Waals surface area contributed by atoms with Crippen LogP contribution in [0, 0.1) is 0 Å². The van der Waals surface area contributed by atoms with Crippen LogP contribution in [0.3, 0.4) is 0 Å². The van der Waals surface area contributed by atoms with Gasteiger partial charge in [-0.1, -0.05) is 6.42 Å². The number of rotatable bonds is 2. The molecule has 2 aliphatic rings. The van der Waals surface area contributed by atoms with Gasteiger partial charge in [0.15, 0.2) is 0 Å². The molecule has 1 fully saturated rings. The van der Waals surface area contributed by atoms with Crippen LogP contribution in [0.25, 0.3) is 0 Å². The van der Waals surface area contributed by atoms with Crippen molar-refractivity contribution in [2.45, 2.75) is 70.4 Å². The minimum Gasteiger partial charge on any atom is -0.331 e. The molecule has 0 bridgehead atoms. The molecule has 0 aromatic carbocycles. The van der Waals surface area contributed by atoms with Gasteiger partial charge in [0, 0.05) is 23.5 Å². The number of aryl methyl sites for hydroxylation is 2. The zero-order valence-corrected chi connectivity index (χ0v) is 13.8. The summed E-state index contributed by atoms with van der Waals surface area (Å²) in [5.74, 6) is 0.218. The number of carbonyl (C=O) groups is 1. The van der Waals surface area contributed by atoms with Crippen molar-refractivity contribution in [2.24, 2.45) is 5.73 Å². The smallest absolute Gasteiger partial charge is 0.264 e. The van der Waals surface area contributed by atoms with E-state index in [1.54, 1.807) is 11.3 Å². The van der Waals surface area contributed by atoms with E-state index in [0.717, 1.165) is 30.6 Å². The molecule has 3 nitrogen and oxygen atoms in total. The molecule has 1 saturated heterocycles. The average Bonchev–Trinajstić information content (AvgIpc) is 2.77. The van der Waals surface area contributed by atoms with Crippen LogP contribution in [-0.2, 0) is 12.8 Å². The van der Waals surface area contributed by atoms with E-state index < -0.39 is 0 Å². The highest BCUT2D eigenvalue weighted by atomic mass is 32.1. The second-order valence-electron chi connectivity index (χ2n) is 6.50. The summed E-state index contributed by atoms with van der Waals surface area (Å²) < 4.78 is 0. The highest BCUT2D eigenvalue weighted by Gasteiger charge is 2.32. The van der Waals surface area contributed by atoms with Crippen LogP contribution >= 0.6 is 11.3 Å². The molecule has 1 aromatic heterocycles. The normalized spacial score (nSPS) is 26.3. The Balaban J connectivity index is 1.83. The second-order valence-corrected chi connectivity index (χ2v) is 7.64. The van der Waals surface area contributed by atoms with Gasteiger partial charge < -0.3 is 10.6 Å². The Morgan fingerprint density at radius 1 is 1.29 bits per heavy atom. The lowest BCUT2D eigenvalue weighted by Gasteiger charge is -2.40. The van der Waals surface area contributed by atoms with Crippen LogP contribution in [0.1, 0.15) is 65.6 Å². The monoisotopic (exact) mass is 306 g/mol. The number of fused-ring (bicyclic) bond motifs is 1. The van der Waals surface area contributed by atoms with Crippen LogP contribution in [0.2, 0.25) is 0 Å². The van der Waals surface area contributed by atoms with Gasteiger partial charge in [-0.15, -0.1) is 11.3 Å². The summed E-state index contributed by atoms with van der Waals surface area (Å²) in [6, 6.07) is 2.72. The molecular formula is C17H26N2OS. The van der Waals surface area contributed by atoms with E-state index in [-0.39, 0.29) is 11.9 Å². The van der Waals surface area contributed by atoms with Gasteiger partial charge in [-0.3, -0.25) is 4.79 Å². The highest BCUT2D eigenvalue weighted by molar-refractivity contribution is 7.14. The lowest BCUT2D eigenvalue weighted by molar-refractivity contribution is 0.0499. The number of amides is 1. The van der Waals surface area contributed by atoms with Crippen LogP contribution in [0.15, 0.2) is 6.07 Å². The predicted molar refractivity (Wildman–Crippen MR) is 87.9 cm³/mol. The number of piperidine rings is 1. The first-order chi connectivity index (χ1) is 10.2. The summed E-state index contributed by atoms with van der Waals surface area (Å²) in [5, 5.41) is 0. The summed E-state index contributed by atoms with van der Waals surface area (Å²) in [4.78, 5) is 17.4. The van der Waals surface area contributed by atoms with Gasteiger partial charge in [0.05, 0.1) is 4.88 Å². The van der Waals surface area contributed by atoms with E-state index in [1.165, 1.54) is 36.1 Å². The molecule has 4 heteroatoms. The number of nitrogens with two attached hydrogens (primary N) is 1. The number of thiophene rings is 1. The van der Waals surface area contributed by atoms with Crippen LogP contribution in [-0.4, -0.2) is 29.4 Å². The van der Waals surface area contributed by atoms with Crippen molar-refractivity contribution in [1.29, 1.82) is 0 Å². The van der Waals surface area contributed by atoms with Crippen molar-refractivity contribution in [2.75, 3.05) is 6.54 Å². The fourth-order valence-corrected chi connectivity index (χ4v) is 4.98. The second kappa shape index (κ2) is 6.49. The minimum absolute atomic E-state index is 0.218. The van der Waals surface area contributed by atoms with E-state index in [4.69, 9.17) is 5.73 Å². The Hall–Kier alpha value is -0.870. The highest BCUT2D eigenvalue weighted by Crippen LogP contribution is 2.32. The van der Waals surface area contributed by atoms with Crippen molar-refractivity contribution >= 4 is 17.2 Å². The Labute approximate surface area is 131 Å². The molecule has 2 heterocycles. The molecule has 1 aliphatic carbocycles. The van der Waals surface area contributed by atoms with Gasteiger partial charge in [0.1, 0.15) is 0 Å². The van der Waals surface area contributed by atoms with Gasteiger partial charge in [-0.05, 0) is 63.5 Å². The fraction of sp³-hybridized carbons (Fsp3) is 0.706. The molecule has 2 unspecified atom stereocenters. The largest absolute Gasteiger partial charge is 0.331 e. The lowest BCUT2D eigenvalue weighted by atomic mass is 9.96. The van der Waals surface area contributed by atoms with Gasteiger partial charge in [-0.2, -0.15) is 0 Å². The molecule has 3 rings (SSSR count). The summed E-state index contributed by atoms with van der Waals surface area (Å²) >= 11 is 1.73. The molecule has 2 atom stereocenters. The van der Waals surface area contributed by atoms with Gasteiger partial charge in [0.25, 0.3) is 5.91 Å². The fourth-order valence-electron chi connectivity index (χ4n) is 3.78. The van der Waals surface area contributed by atoms with Gasteiger partial charge in [-0.25, -0.2) is 0 Å². The maximum absolute atomic E-state index is 13.0. The first-order valence-electron chi connectivity index (χ1n) is 8.35. The third-order valence-corrected chi connectivity index (χ3v) is 6.22. The van der Waals surface area contributed by atoms with Crippen molar-refractivity contribution < 1.29 is 4.79 Å². The van der Waals surface area contributed by atoms with Gasteiger partial charge >= 0.3 is 0 Å². The van der Waals surface area contributed by atoms with Crippen molar-refractivity contribution in [3.8, 4) is 0 Å². The number of likely N-dealkylation sites (tertiary alicyclic amines) is 1. The van der Waals surface area contributed by atoms with Crippen molar-refractivity contribution in [3.63, 3.8) is 0 Å². The van der Waals surface area contributed by atoms with E-state index in [2.05, 4.69) is 17.9 Å². The zero-order chi connectivity index (χ0) is 14.8. The Bertz CT molecular complexity index is 487. The van der Waals surface area contributed by atoms with E-state index in [1.807, 2.05) is 0 Å². The molecule has 0 saturated carbocycles. The first kappa shape index (κ1) is 15.0. The Kier molecular flexibility index (Phi) is 4.65. The van der Waals surface area contributed by atoms with E-state index in [0.29, 0.717) is 12.6 Å². The SMILES string of the molecule is CC1CCCC(CN)N1C(=O)c1cc2c(s1)CCCCC2. The summed E-state index contributed by atoms with van der Waals surface area (Å²) in [7, 11) is 0. The third kappa shape index (κ3) is 3.02. The molecule has 1 aromatic rings. The summed E-state index contributed by atoms with van der Waals surface area (Å²) in [5.41, 5.74) is 7.33. The van der Waals surface area contributed by atoms with Crippen molar-refractivity contribution in [1.82, 2.24) is 4.90 Å². The molecular weight excluding hydrogens is 280 g/mol. The Morgan fingerprint density at radius 2 is 2.10 bits per heavy atom. The number of hydrogen-bond acceptors (Lipinski definition) is 3. The lowest BCUT2D eigenvalue weighted by Crippen LogP contribution is -2.51. The average molecular weight is 306 g/mol. The predicted octanol–water partition coefficient (Wildman–Crippen LogP) is 3.36. The molecule has 1 aliphatic heterocycles. The van der Waals surface area contributed by atoms with E-state index in [9.17, 15) is 4.79 Å². The summed E-state index contributed by atoms with van der Waals surface area (Å²) in [6.45, 7) is 2.75. The Morgan fingerprint density at radius 3 is 2.90 bits per heavy atom.